The van der Waals surface area contributed by atoms with Crippen molar-refractivity contribution in [3.63, 3.8) is 0 Å². The van der Waals surface area contributed by atoms with Gasteiger partial charge in [-0.1, -0.05) is 55.8 Å². The van der Waals surface area contributed by atoms with Gasteiger partial charge in [-0.15, -0.1) is 0 Å². The van der Waals surface area contributed by atoms with Crippen LogP contribution in [0.1, 0.15) is 19.4 Å². The minimum absolute atomic E-state index is 0.170. The van der Waals surface area contributed by atoms with Crippen molar-refractivity contribution in [3.05, 3.63) is 59.1 Å². The van der Waals surface area contributed by atoms with Crippen molar-refractivity contribution in [3.8, 4) is 5.75 Å². The van der Waals surface area contributed by atoms with E-state index in [1.54, 1.807) is 25.3 Å². The summed E-state index contributed by atoms with van der Waals surface area (Å²) in [5, 5.41) is 6.19. The van der Waals surface area contributed by atoms with Crippen molar-refractivity contribution in [2.45, 2.75) is 19.3 Å². The molecule has 2 rings (SSSR count). The molecular weight excluding hydrogens is 312 g/mol. The molecule has 0 aliphatic heterocycles. The molecule has 0 atom stereocenters. The number of hydrogen-bond donors (Lipinski definition) is 2. The maximum Gasteiger partial charge on any atom is 0.319 e. The molecule has 23 heavy (non-hydrogen) atoms. The van der Waals surface area contributed by atoms with Gasteiger partial charge in [0.1, 0.15) is 5.75 Å². The van der Waals surface area contributed by atoms with Gasteiger partial charge in [0, 0.05) is 17.0 Å². The van der Waals surface area contributed by atoms with E-state index in [1.807, 2.05) is 18.2 Å². The summed E-state index contributed by atoms with van der Waals surface area (Å²) < 4.78 is 5.21. The molecule has 0 spiro atoms. The second-order valence-electron chi connectivity index (χ2n) is 5.90. The number of methoxy groups -OCH3 is 1. The summed E-state index contributed by atoms with van der Waals surface area (Å²) in [6, 6.07) is 14.9. The third-order valence-corrected chi connectivity index (χ3v) is 3.89. The van der Waals surface area contributed by atoms with E-state index in [0.717, 1.165) is 0 Å². The second-order valence-corrected chi connectivity index (χ2v) is 6.34. The minimum Gasteiger partial charge on any atom is -0.495 e. The van der Waals surface area contributed by atoms with Crippen LogP contribution in [0.25, 0.3) is 0 Å². The Morgan fingerprint density at radius 3 is 2.52 bits per heavy atom. The Hall–Kier alpha value is -2.20. The molecule has 122 valence electrons. The van der Waals surface area contributed by atoms with Crippen molar-refractivity contribution in [2.75, 3.05) is 19.0 Å². The molecule has 0 aliphatic carbocycles. The molecule has 0 aromatic heterocycles. The first-order valence-electron chi connectivity index (χ1n) is 7.36. The fraction of sp³-hybridized carbons (Fsp3) is 0.278. The zero-order chi connectivity index (χ0) is 16.9. The van der Waals surface area contributed by atoms with Crippen molar-refractivity contribution in [2.24, 2.45) is 0 Å². The number of benzene rings is 2. The van der Waals surface area contributed by atoms with Crippen LogP contribution in [-0.2, 0) is 5.41 Å². The molecule has 5 heteroatoms. The highest BCUT2D eigenvalue weighted by atomic mass is 35.5. The van der Waals surface area contributed by atoms with E-state index in [4.69, 9.17) is 16.3 Å². The van der Waals surface area contributed by atoms with Crippen LogP contribution in [0.5, 0.6) is 5.75 Å². The van der Waals surface area contributed by atoms with E-state index in [1.165, 1.54) is 5.56 Å². The first kappa shape index (κ1) is 17.2. The summed E-state index contributed by atoms with van der Waals surface area (Å²) in [7, 11) is 1.55. The fourth-order valence-electron chi connectivity index (χ4n) is 2.24. The molecule has 0 saturated carbocycles. The smallest absolute Gasteiger partial charge is 0.319 e. The molecule has 0 aliphatic rings. The van der Waals surface area contributed by atoms with Gasteiger partial charge in [-0.25, -0.2) is 4.79 Å². The standard InChI is InChI=1S/C18H21ClN2O2/c1-18(2,13-7-5-4-6-8-13)12-20-17(22)21-15-11-14(19)9-10-16(15)23-3/h4-11H,12H2,1-3H3,(H2,20,21,22). The Morgan fingerprint density at radius 1 is 1.17 bits per heavy atom. The van der Waals surface area contributed by atoms with Gasteiger partial charge in [-0.2, -0.15) is 0 Å². The number of urea groups is 1. The predicted molar refractivity (Wildman–Crippen MR) is 94.5 cm³/mol. The molecular formula is C18H21ClN2O2. The number of anilines is 1. The molecule has 0 heterocycles. The Balaban J connectivity index is 1.99. The van der Waals surface area contributed by atoms with Crippen molar-refractivity contribution in [1.29, 1.82) is 0 Å². The number of halogens is 1. The highest BCUT2D eigenvalue weighted by Gasteiger charge is 2.21. The monoisotopic (exact) mass is 332 g/mol. The third kappa shape index (κ3) is 4.63. The maximum absolute atomic E-state index is 12.1. The highest BCUT2D eigenvalue weighted by Crippen LogP contribution is 2.27. The zero-order valence-corrected chi connectivity index (χ0v) is 14.3. The zero-order valence-electron chi connectivity index (χ0n) is 13.5. The number of nitrogens with one attached hydrogen (secondary N) is 2. The summed E-state index contributed by atoms with van der Waals surface area (Å²) in [6.45, 7) is 4.68. The molecule has 2 aromatic rings. The van der Waals surface area contributed by atoms with Crippen LogP contribution < -0.4 is 15.4 Å². The largest absolute Gasteiger partial charge is 0.495 e. The molecule has 2 aromatic carbocycles. The summed E-state index contributed by atoms with van der Waals surface area (Å²) in [5.41, 5.74) is 1.53. The van der Waals surface area contributed by atoms with E-state index in [2.05, 4.69) is 36.6 Å². The fourth-order valence-corrected chi connectivity index (χ4v) is 2.41. The predicted octanol–water partition coefficient (Wildman–Crippen LogP) is 4.45. The Morgan fingerprint density at radius 2 is 1.87 bits per heavy atom. The molecule has 4 nitrogen and oxygen atoms in total. The average molecular weight is 333 g/mol. The lowest BCUT2D eigenvalue weighted by Gasteiger charge is -2.25. The lowest BCUT2D eigenvalue weighted by atomic mass is 9.85. The van der Waals surface area contributed by atoms with Crippen LogP contribution in [0.2, 0.25) is 5.02 Å². The molecule has 0 fully saturated rings. The maximum atomic E-state index is 12.1. The SMILES string of the molecule is COc1ccc(Cl)cc1NC(=O)NCC(C)(C)c1ccccc1. The van der Waals surface area contributed by atoms with Gasteiger partial charge in [0.15, 0.2) is 0 Å². The number of rotatable bonds is 5. The summed E-state index contributed by atoms with van der Waals surface area (Å²) in [6.07, 6.45) is 0. The Kier molecular flexibility index (Phi) is 5.50. The Bertz CT molecular complexity index is 672. The summed E-state index contributed by atoms with van der Waals surface area (Å²) in [5.74, 6) is 0.562. The van der Waals surface area contributed by atoms with Crippen molar-refractivity contribution < 1.29 is 9.53 Å². The summed E-state index contributed by atoms with van der Waals surface area (Å²) in [4.78, 5) is 12.1. The van der Waals surface area contributed by atoms with Crippen LogP contribution in [-0.4, -0.2) is 19.7 Å². The van der Waals surface area contributed by atoms with Gasteiger partial charge >= 0.3 is 6.03 Å². The third-order valence-electron chi connectivity index (χ3n) is 3.66. The number of ether oxygens (including phenoxy) is 1. The van der Waals surface area contributed by atoms with E-state index < -0.39 is 0 Å². The quantitative estimate of drug-likeness (QED) is 0.850. The topological polar surface area (TPSA) is 50.4 Å². The van der Waals surface area contributed by atoms with Gasteiger partial charge < -0.3 is 15.4 Å². The first-order valence-corrected chi connectivity index (χ1v) is 7.74. The van der Waals surface area contributed by atoms with Crippen LogP contribution in [0.15, 0.2) is 48.5 Å². The number of carbonyl (C=O) groups is 1. The average Bonchev–Trinajstić information content (AvgIpc) is 2.54. The van der Waals surface area contributed by atoms with Gasteiger partial charge in [0.25, 0.3) is 0 Å². The molecule has 0 radical (unpaired) electrons. The van der Waals surface area contributed by atoms with Gasteiger partial charge in [0.05, 0.1) is 12.8 Å². The second kappa shape index (κ2) is 7.38. The van der Waals surface area contributed by atoms with Crippen molar-refractivity contribution in [1.82, 2.24) is 5.32 Å². The number of carbonyl (C=O) groups excluding carboxylic acids is 1. The van der Waals surface area contributed by atoms with E-state index in [0.29, 0.717) is 23.0 Å². The lowest BCUT2D eigenvalue weighted by Crippen LogP contribution is -2.39. The van der Waals surface area contributed by atoms with E-state index >= 15 is 0 Å². The minimum atomic E-state index is -0.297. The number of amides is 2. The lowest BCUT2D eigenvalue weighted by molar-refractivity contribution is 0.249. The normalized spacial score (nSPS) is 11.0. The summed E-state index contributed by atoms with van der Waals surface area (Å²) >= 11 is 5.96. The Labute approximate surface area is 141 Å². The molecule has 2 amide bonds. The highest BCUT2D eigenvalue weighted by molar-refractivity contribution is 6.31. The number of hydrogen-bond acceptors (Lipinski definition) is 2. The molecule has 2 N–H and O–H groups in total. The van der Waals surface area contributed by atoms with Gasteiger partial charge in [-0.05, 0) is 23.8 Å². The first-order chi connectivity index (χ1) is 10.9. The van der Waals surface area contributed by atoms with Crippen molar-refractivity contribution >= 4 is 23.3 Å². The molecule has 0 saturated heterocycles. The van der Waals surface area contributed by atoms with Crippen LogP contribution >= 0.6 is 11.6 Å². The van der Waals surface area contributed by atoms with Crippen LogP contribution in [0, 0.1) is 0 Å². The van der Waals surface area contributed by atoms with E-state index in [-0.39, 0.29) is 11.4 Å². The van der Waals surface area contributed by atoms with Crippen LogP contribution in [0.3, 0.4) is 0 Å². The molecule has 0 bridgehead atoms. The van der Waals surface area contributed by atoms with E-state index in [9.17, 15) is 4.79 Å². The van der Waals surface area contributed by atoms with Gasteiger partial charge in [0.2, 0.25) is 0 Å². The molecule has 0 unspecified atom stereocenters. The van der Waals surface area contributed by atoms with Gasteiger partial charge in [-0.3, -0.25) is 0 Å². The van der Waals surface area contributed by atoms with Crippen LogP contribution in [0.4, 0.5) is 10.5 Å².